The summed E-state index contributed by atoms with van der Waals surface area (Å²) in [5.74, 6) is 0.970. The normalized spacial score (nSPS) is 19.4. The maximum Gasteiger partial charge on any atom is 0.119 e. The van der Waals surface area contributed by atoms with Crippen molar-refractivity contribution in [3.63, 3.8) is 0 Å². The molecule has 2 aliphatic rings. The van der Waals surface area contributed by atoms with Crippen LogP contribution in [-0.2, 0) is 19.5 Å². The Morgan fingerprint density at radius 1 is 1.04 bits per heavy atom. The zero-order valence-electron chi connectivity index (χ0n) is 17.1. The van der Waals surface area contributed by atoms with Gasteiger partial charge in [-0.1, -0.05) is 23.8 Å². The lowest BCUT2D eigenvalue weighted by Gasteiger charge is -2.33. The highest BCUT2D eigenvalue weighted by molar-refractivity contribution is 5.86. The van der Waals surface area contributed by atoms with E-state index in [0.717, 1.165) is 25.4 Å². The highest BCUT2D eigenvalue weighted by atomic mass is 16.5. The first-order chi connectivity index (χ1) is 13.7. The van der Waals surface area contributed by atoms with Crippen LogP contribution in [0.3, 0.4) is 0 Å². The highest BCUT2D eigenvalue weighted by Crippen LogP contribution is 2.42. The van der Waals surface area contributed by atoms with E-state index in [0.29, 0.717) is 6.04 Å². The number of rotatable bonds is 4. The van der Waals surface area contributed by atoms with Gasteiger partial charge in [0.05, 0.1) is 12.6 Å². The van der Waals surface area contributed by atoms with E-state index in [1.165, 1.54) is 54.3 Å². The molecule has 1 atom stereocenters. The molecule has 2 heterocycles. The van der Waals surface area contributed by atoms with Crippen molar-refractivity contribution in [2.75, 3.05) is 13.2 Å². The molecule has 1 aliphatic carbocycles. The van der Waals surface area contributed by atoms with E-state index in [2.05, 4.69) is 58.9 Å². The van der Waals surface area contributed by atoms with E-state index in [-0.39, 0.29) is 0 Å². The Bertz CT molecular complexity index is 982. The first-order valence-electron chi connectivity index (χ1n) is 10.8. The third-order valence-electron chi connectivity index (χ3n) is 6.48. The quantitative estimate of drug-likeness (QED) is 0.589. The largest absolute Gasteiger partial charge is 0.494 e. The van der Waals surface area contributed by atoms with Crippen LogP contribution in [0.1, 0.15) is 54.6 Å². The Kier molecular flexibility index (Phi) is 4.64. The molecular weight excluding hydrogens is 344 g/mol. The molecule has 0 saturated heterocycles. The van der Waals surface area contributed by atoms with Crippen molar-refractivity contribution in [2.24, 2.45) is 0 Å². The summed E-state index contributed by atoms with van der Waals surface area (Å²) in [5, 5.41) is 1.50. The zero-order chi connectivity index (χ0) is 19.1. The van der Waals surface area contributed by atoms with Crippen molar-refractivity contribution >= 4 is 10.9 Å². The topological polar surface area (TPSA) is 17.4 Å². The number of hydrogen-bond donors (Lipinski definition) is 0. The molecular formula is C25H30N2O. The minimum absolute atomic E-state index is 0.547. The maximum absolute atomic E-state index is 5.61. The summed E-state index contributed by atoms with van der Waals surface area (Å²) < 4.78 is 8.26. The zero-order valence-corrected chi connectivity index (χ0v) is 17.1. The lowest BCUT2D eigenvalue weighted by atomic mass is 9.90. The minimum Gasteiger partial charge on any atom is -0.494 e. The SMILES string of the molecule is CCOc1ccc(CN2CCCn3c4c(c5cc(C)ccc53)CCCC42)cc1. The lowest BCUT2D eigenvalue weighted by Crippen LogP contribution is -2.31. The van der Waals surface area contributed by atoms with Gasteiger partial charge in [0, 0.05) is 36.2 Å². The fourth-order valence-electron chi connectivity index (χ4n) is 5.28. The summed E-state index contributed by atoms with van der Waals surface area (Å²) in [6.07, 6.45) is 5.02. The van der Waals surface area contributed by atoms with Crippen LogP contribution in [0.5, 0.6) is 5.75 Å². The molecule has 146 valence electrons. The van der Waals surface area contributed by atoms with Crippen LogP contribution in [0.15, 0.2) is 42.5 Å². The van der Waals surface area contributed by atoms with Gasteiger partial charge in [-0.05, 0) is 74.9 Å². The predicted octanol–water partition coefficient (Wildman–Crippen LogP) is 5.63. The Balaban J connectivity index is 1.50. The van der Waals surface area contributed by atoms with Crippen molar-refractivity contribution < 1.29 is 4.74 Å². The molecule has 3 aromatic rings. The second kappa shape index (κ2) is 7.29. The second-order valence-electron chi connectivity index (χ2n) is 8.35. The number of ether oxygens (including phenoxy) is 1. The van der Waals surface area contributed by atoms with Gasteiger partial charge >= 0.3 is 0 Å². The van der Waals surface area contributed by atoms with Crippen LogP contribution >= 0.6 is 0 Å². The lowest BCUT2D eigenvalue weighted by molar-refractivity contribution is 0.173. The molecule has 0 spiro atoms. The molecule has 0 saturated carbocycles. The molecule has 28 heavy (non-hydrogen) atoms. The molecule has 0 N–H and O–H groups in total. The van der Waals surface area contributed by atoms with Crippen molar-refractivity contribution in [1.82, 2.24) is 9.47 Å². The molecule has 3 nitrogen and oxygen atoms in total. The third kappa shape index (κ3) is 3.02. The number of fused-ring (bicyclic) bond motifs is 3. The number of benzene rings is 2. The Morgan fingerprint density at radius 3 is 2.71 bits per heavy atom. The summed E-state index contributed by atoms with van der Waals surface area (Å²) >= 11 is 0. The first-order valence-corrected chi connectivity index (χ1v) is 10.8. The Labute approximate surface area is 167 Å². The van der Waals surface area contributed by atoms with Crippen LogP contribution in [0.2, 0.25) is 0 Å². The molecule has 0 bridgehead atoms. The second-order valence-corrected chi connectivity index (χ2v) is 8.35. The summed E-state index contributed by atoms with van der Waals surface area (Å²) in [6.45, 7) is 8.31. The van der Waals surface area contributed by atoms with E-state index < -0.39 is 0 Å². The van der Waals surface area contributed by atoms with Crippen LogP contribution in [0, 0.1) is 6.92 Å². The van der Waals surface area contributed by atoms with Crippen molar-refractivity contribution in [2.45, 2.75) is 58.7 Å². The number of nitrogens with zero attached hydrogens (tertiary/aromatic N) is 2. The Hall–Kier alpha value is -2.26. The van der Waals surface area contributed by atoms with Crippen LogP contribution in [0.25, 0.3) is 10.9 Å². The van der Waals surface area contributed by atoms with Gasteiger partial charge in [0.1, 0.15) is 5.75 Å². The van der Waals surface area contributed by atoms with E-state index in [1.54, 1.807) is 11.3 Å². The number of aryl methyl sites for hydroxylation is 3. The fourth-order valence-corrected chi connectivity index (χ4v) is 5.28. The molecule has 5 rings (SSSR count). The molecule has 1 aliphatic heterocycles. The van der Waals surface area contributed by atoms with Gasteiger partial charge in [-0.2, -0.15) is 0 Å². The minimum atomic E-state index is 0.547. The van der Waals surface area contributed by atoms with Gasteiger partial charge in [0.2, 0.25) is 0 Å². The highest BCUT2D eigenvalue weighted by Gasteiger charge is 2.33. The van der Waals surface area contributed by atoms with E-state index >= 15 is 0 Å². The summed E-state index contributed by atoms with van der Waals surface area (Å²) in [7, 11) is 0. The molecule has 1 aromatic heterocycles. The van der Waals surface area contributed by atoms with E-state index in [9.17, 15) is 0 Å². The van der Waals surface area contributed by atoms with E-state index in [1.807, 2.05) is 6.92 Å². The van der Waals surface area contributed by atoms with Gasteiger partial charge in [0.25, 0.3) is 0 Å². The maximum atomic E-state index is 5.61. The van der Waals surface area contributed by atoms with Gasteiger partial charge in [-0.15, -0.1) is 0 Å². The first kappa shape index (κ1) is 17.8. The molecule has 0 amide bonds. The summed E-state index contributed by atoms with van der Waals surface area (Å²) in [5.41, 5.74) is 7.43. The molecule has 1 unspecified atom stereocenters. The average molecular weight is 375 g/mol. The number of hydrogen-bond acceptors (Lipinski definition) is 2. The van der Waals surface area contributed by atoms with Crippen LogP contribution in [-0.4, -0.2) is 22.6 Å². The van der Waals surface area contributed by atoms with Crippen molar-refractivity contribution in [3.05, 3.63) is 64.8 Å². The van der Waals surface area contributed by atoms with Crippen molar-refractivity contribution in [1.29, 1.82) is 0 Å². The summed E-state index contributed by atoms with van der Waals surface area (Å²) in [6, 6.07) is 16.3. The monoisotopic (exact) mass is 374 g/mol. The average Bonchev–Trinajstić information content (AvgIpc) is 2.90. The van der Waals surface area contributed by atoms with Gasteiger partial charge < -0.3 is 9.30 Å². The molecule has 0 fully saturated rings. The van der Waals surface area contributed by atoms with Gasteiger partial charge in [0.15, 0.2) is 0 Å². The smallest absolute Gasteiger partial charge is 0.119 e. The van der Waals surface area contributed by atoms with Crippen LogP contribution in [0.4, 0.5) is 0 Å². The molecule has 3 heteroatoms. The van der Waals surface area contributed by atoms with Crippen molar-refractivity contribution in [3.8, 4) is 5.75 Å². The number of aromatic nitrogens is 1. The molecule has 2 aromatic carbocycles. The fraction of sp³-hybridized carbons (Fsp3) is 0.440. The van der Waals surface area contributed by atoms with Gasteiger partial charge in [-0.25, -0.2) is 0 Å². The Morgan fingerprint density at radius 2 is 1.89 bits per heavy atom. The molecule has 0 radical (unpaired) electrons. The summed E-state index contributed by atoms with van der Waals surface area (Å²) in [4.78, 5) is 2.73. The van der Waals surface area contributed by atoms with Crippen LogP contribution < -0.4 is 4.74 Å². The standard InChI is InChI=1S/C25H30N2O/c1-3-28-20-11-9-19(10-12-20)17-26-14-5-15-27-23-13-8-18(2)16-22(23)21-6-4-7-24(26)25(21)27/h8-13,16,24H,3-7,14-15,17H2,1-2H3. The van der Waals surface area contributed by atoms with E-state index in [4.69, 9.17) is 4.74 Å². The predicted molar refractivity (Wildman–Crippen MR) is 115 cm³/mol. The van der Waals surface area contributed by atoms with Gasteiger partial charge in [-0.3, -0.25) is 4.90 Å². The third-order valence-corrected chi connectivity index (χ3v) is 6.48.